The molecule has 0 bridgehead atoms. The van der Waals surface area contributed by atoms with Gasteiger partial charge in [-0.1, -0.05) is 18.5 Å². The highest BCUT2D eigenvalue weighted by Crippen LogP contribution is 2.10. The lowest BCUT2D eigenvalue weighted by molar-refractivity contribution is 0.0960. The Hall–Kier alpha value is -0.940. The second kappa shape index (κ2) is 7.01. The monoisotopic (exact) mass is 266 g/mol. The van der Waals surface area contributed by atoms with E-state index in [9.17, 15) is 0 Å². The molecule has 0 saturated carbocycles. The van der Waals surface area contributed by atoms with E-state index in [0.717, 1.165) is 57.3 Å². The van der Waals surface area contributed by atoms with Crippen molar-refractivity contribution in [2.45, 2.75) is 52.6 Å². The molecule has 2 heterocycles. The molecule has 108 valence electrons. The lowest BCUT2D eigenvalue weighted by atomic mass is 10.2. The minimum Gasteiger partial charge on any atom is -0.338 e. The van der Waals surface area contributed by atoms with E-state index in [1.807, 2.05) is 0 Å². The molecule has 1 aliphatic heterocycles. The Morgan fingerprint density at radius 2 is 1.95 bits per heavy atom. The molecule has 5 heteroatoms. The summed E-state index contributed by atoms with van der Waals surface area (Å²) in [5.41, 5.74) is 0. The number of hydrogen-bond acceptors (Lipinski definition) is 5. The predicted molar refractivity (Wildman–Crippen MR) is 74.9 cm³/mol. The molecule has 0 N–H and O–H groups in total. The fourth-order valence-corrected chi connectivity index (χ4v) is 2.42. The van der Waals surface area contributed by atoms with E-state index < -0.39 is 0 Å². The molecule has 1 aromatic rings. The zero-order valence-corrected chi connectivity index (χ0v) is 12.4. The molecule has 0 spiro atoms. The number of unbranched alkanes of at least 4 members (excludes halogenated alkanes) is 1. The first-order valence-corrected chi connectivity index (χ1v) is 7.47. The van der Waals surface area contributed by atoms with Gasteiger partial charge in [-0.3, -0.25) is 9.80 Å². The molecule has 1 fully saturated rings. The van der Waals surface area contributed by atoms with Crippen LogP contribution in [0.25, 0.3) is 0 Å². The van der Waals surface area contributed by atoms with Crippen molar-refractivity contribution in [3.8, 4) is 0 Å². The van der Waals surface area contributed by atoms with Gasteiger partial charge in [-0.15, -0.1) is 0 Å². The predicted octanol–water partition coefficient (Wildman–Crippen LogP) is 1.94. The molecule has 0 unspecified atom stereocenters. The molecule has 1 saturated heterocycles. The van der Waals surface area contributed by atoms with Crippen LogP contribution in [0.3, 0.4) is 0 Å². The maximum absolute atomic E-state index is 5.32. The van der Waals surface area contributed by atoms with Crippen LogP contribution in [-0.4, -0.2) is 52.2 Å². The number of piperazine rings is 1. The molecule has 0 amide bonds. The Labute approximate surface area is 116 Å². The summed E-state index contributed by atoms with van der Waals surface area (Å²) in [4.78, 5) is 9.37. The van der Waals surface area contributed by atoms with Gasteiger partial charge in [0.25, 0.3) is 0 Å². The second-order valence-corrected chi connectivity index (χ2v) is 5.61. The van der Waals surface area contributed by atoms with Gasteiger partial charge < -0.3 is 4.52 Å². The summed E-state index contributed by atoms with van der Waals surface area (Å²) >= 11 is 0. The normalized spacial score (nSPS) is 18.3. The molecule has 19 heavy (non-hydrogen) atoms. The van der Waals surface area contributed by atoms with E-state index in [1.54, 1.807) is 0 Å². The van der Waals surface area contributed by atoms with Gasteiger partial charge in [-0.2, -0.15) is 4.98 Å². The lowest BCUT2D eigenvalue weighted by Gasteiger charge is -2.36. The van der Waals surface area contributed by atoms with E-state index in [2.05, 4.69) is 40.7 Å². The molecule has 1 aliphatic rings. The van der Waals surface area contributed by atoms with Crippen molar-refractivity contribution >= 4 is 0 Å². The minimum atomic E-state index is 0.645. The van der Waals surface area contributed by atoms with Crippen LogP contribution in [0.2, 0.25) is 0 Å². The number of hydrogen-bond donors (Lipinski definition) is 0. The van der Waals surface area contributed by atoms with Crippen molar-refractivity contribution in [1.82, 2.24) is 19.9 Å². The topological polar surface area (TPSA) is 45.4 Å². The second-order valence-electron chi connectivity index (χ2n) is 5.61. The van der Waals surface area contributed by atoms with Crippen LogP contribution in [0.5, 0.6) is 0 Å². The van der Waals surface area contributed by atoms with Gasteiger partial charge in [0.15, 0.2) is 5.82 Å². The zero-order chi connectivity index (χ0) is 13.7. The van der Waals surface area contributed by atoms with Crippen LogP contribution in [-0.2, 0) is 13.0 Å². The molecule has 1 aromatic heterocycles. The van der Waals surface area contributed by atoms with Gasteiger partial charge in [0, 0.05) is 38.6 Å². The quantitative estimate of drug-likeness (QED) is 0.787. The molecular weight excluding hydrogens is 240 g/mol. The maximum Gasteiger partial charge on any atom is 0.240 e. The number of nitrogens with zero attached hydrogens (tertiary/aromatic N) is 4. The molecular formula is C14H26N4O. The maximum atomic E-state index is 5.32. The fourth-order valence-electron chi connectivity index (χ4n) is 2.42. The highest BCUT2D eigenvalue weighted by molar-refractivity contribution is 4.87. The van der Waals surface area contributed by atoms with Crippen LogP contribution in [0.1, 0.15) is 45.3 Å². The number of aryl methyl sites for hydroxylation is 1. The summed E-state index contributed by atoms with van der Waals surface area (Å²) in [6.07, 6.45) is 3.23. The van der Waals surface area contributed by atoms with Crippen LogP contribution in [0.15, 0.2) is 4.52 Å². The van der Waals surface area contributed by atoms with Crippen molar-refractivity contribution in [2.24, 2.45) is 0 Å². The number of rotatable bonds is 6. The van der Waals surface area contributed by atoms with E-state index in [1.165, 1.54) is 6.42 Å². The van der Waals surface area contributed by atoms with Gasteiger partial charge in [-0.05, 0) is 20.3 Å². The van der Waals surface area contributed by atoms with Gasteiger partial charge in [-0.25, -0.2) is 0 Å². The summed E-state index contributed by atoms with van der Waals surface area (Å²) < 4.78 is 5.32. The fraction of sp³-hybridized carbons (Fsp3) is 0.857. The third kappa shape index (κ3) is 4.28. The van der Waals surface area contributed by atoms with Crippen molar-refractivity contribution < 1.29 is 4.52 Å². The largest absolute Gasteiger partial charge is 0.338 e. The van der Waals surface area contributed by atoms with Crippen molar-refractivity contribution in [3.05, 3.63) is 11.7 Å². The summed E-state index contributed by atoms with van der Waals surface area (Å²) in [6.45, 7) is 11.9. The Bertz CT molecular complexity index is 369. The summed E-state index contributed by atoms with van der Waals surface area (Å²) in [5, 5.41) is 4.04. The summed E-state index contributed by atoms with van der Waals surface area (Å²) in [5.74, 6) is 1.63. The smallest absolute Gasteiger partial charge is 0.240 e. The third-order valence-corrected chi connectivity index (χ3v) is 3.76. The Morgan fingerprint density at radius 1 is 1.21 bits per heavy atom. The molecule has 5 nitrogen and oxygen atoms in total. The first kappa shape index (κ1) is 14.5. The highest BCUT2D eigenvalue weighted by Gasteiger charge is 2.20. The first-order valence-electron chi connectivity index (χ1n) is 7.47. The molecule has 0 aromatic carbocycles. The van der Waals surface area contributed by atoms with Crippen molar-refractivity contribution in [3.63, 3.8) is 0 Å². The number of aromatic nitrogens is 2. The minimum absolute atomic E-state index is 0.645. The van der Waals surface area contributed by atoms with Gasteiger partial charge in [0.2, 0.25) is 5.89 Å². The Kier molecular flexibility index (Phi) is 5.34. The van der Waals surface area contributed by atoms with Gasteiger partial charge in [0.1, 0.15) is 0 Å². The van der Waals surface area contributed by atoms with Gasteiger partial charge in [0.05, 0.1) is 6.54 Å². The van der Waals surface area contributed by atoms with Crippen molar-refractivity contribution in [1.29, 1.82) is 0 Å². The first-order chi connectivity index (χ1) is 9.19. The highest BCUT2D eigenvalue weighted by atomic mass is 16.5. The molecule has 0 aliphatic carbocycles. The SMILES string of the molecule is CCCCc1noc(CN2CCN(C(C)C)CC2)n1. The van der Waals surface area contributed by atoms with Gasteiger partial charge >= 0.3 is 0 Å². The molecule has 0 atom stereocenters. The zero-order valence-electron chi connectivity index (χ0n) is 12.4. The van der Waals surface area contributed by atoms with E-state index in [0.29, 0.717) is 6.04 Å². The third-order valence-electron chi connectivity index (χ3n) is 3.76. The molecule has 2 rings (SSSR count). The van der Waals surface area contributed by atoms with Crippen LogP contribution >= 0.6 is 0 Å². The Morgan fingerprint density at radius 3 is 2.58 bits per heavy atom. The standard InChI is InChI=1S/C14H26N4O/c1-4-5-6-13-15-14(19-16-13)11-17-7-9-18(10-8-17)12(2)3/h12H,4-11H2,1-3H3. The summed E-state index contributed by atoms with van der Waals surface area (Å²) in [7, 11) is 0. The lowest BCUT2D eigenvalue weighted by Crippen LogP contribution is -2.48. The Balaban J connectivity index is 1.77. The molecule has 0 radical (unpaired) electrons. The van der Waals surface area contributed by atoms with E-state index in [-0.39, 0.29) is 0 Å². The average Bonchev–Trinajstić information content (AvgIpc) is 2.84. The van der Waals surface area contributed by atoms with E-state index >= 15 is 0 Å². The average molecular weight is 266 g/mol. The van der Waals surface area contributed by atoms with Crippen LogP contribution < -0.4 is 0 Å². The van der Waals surface area contributed by atoms with Crippen LogP contribution in [0.4, 0.5) is 0 Å². The van der Waals surface area contributed by atoms with Crippen LogP contribution in [0, 0.1) is 0 Å². The summed E-state index contributed by atoms with van der Waals surface area (Å²) in [6, 6.07) is 0.645. The van der Waals surface area contributed by atoms with Crippen molar-refractivity contribution in [2.75, 3.05) is 26.2 Å². The van der Waals surface area contributed by atoms with E-state index in [4.69, 9.17) is 4.52 Å².